The summed E-state index contributed by atoms with van der Waals surface area (Å²) in [4.78, 5) is 23.2. The van der Waals surface area contributed by atoms with Crippen LogP contribution in [0.15, 0.2) is 34.9 Å². The summed E-state index contributed by atoms with van der Waals surface area (Å²) in [6, 6.07) is 0. The number of rotatable bonds is 5. The molecular weight excluding hydrogens is 288 g/mol. The fraction of sp³-hybridized carbons (Fsp3) is 0.600. The van der Waals surface area contributed by atoms with E-state index in [2.05, 4.69) is 32.9 Å². The van der Waals surface area contributed by atoms with Crippen molar-refractivity contribution in [1.82, 2.24) is 0 Å². The Morgan fingerprint density at radius 2 is 2.17 bits per heavy atom. The summed E-state index contributed by atoms with van der Waals surface area (Å²) in [7, 11) is 0. The maximum absolute atomic E-state index is 12.1. The van der Waals surface area contributed by atoms with Crippen molar-refractivity contribution in [2.45, 2.75) is 46.5 Å². The van der Waals surface area contributed by atoms with E-state index in [0.29, 0.717) is 18.1 Å². The Morgan fingerprint density at radius 3 is 2.87 bits per heavy atom. The molecule has 1 aliphatic heterocycles. The lowest BCUT2D eigenvalue weighted by molar-refractivity contribution is -0.160. The number of hydrogen-bond acceptors (Lipinski definition) is 3. The van der Waals surface area contributed by atoms with Gasteiger partial charge < -0.3 is 4.74 Å². The highest BCUT2D eigenvalue weighted by Crippen LogP contribution is 2.65. The summed E-state index contributed by atoms with van der Waals surface area (Å²) in [5.74, 6) is 0.238. The van der Waals surface area contributed by atoms with Gasteiger partial charge in [0.05, 0.1) is 12.5 Å². The molecule has 3 nitrogen and oxygen atoms in total. The first kappa shape index (κ1) is 16.2. The van der Waals surface area contributed by atoms with Crippen molar-refractivity contribution in [3.63, 3.8) is 0 Å². The average molecular weight is 314 g/mol. The standard InChI is InChI=1S/C20H26O3/c1-13(2)5-4-6-14(3)9-16-10-20(16)12-23-19(22)18-15(11-21)7-8-17(18)20/h5,7,9,11,16-18H,4,6,8,10,12H2,1-3H3/b14-9+/t16-,17-,18+,20-/m1/s1. The van der Waals surface area contributed by atoms with E-state index < -0.39 is 0 Å². The maximum Gasteiger partial charge on any atom is 0.313 e. The van der Waals surface area contributed by atoms with E-state index in [-0.39, 0.29) is 23.2 Å². The number of aldehydes is 1. The number of hydrogen-bond donors (Lipinski definition) is 0. The van der Waals surface area contributed by atoms with Gasteiger partial charge in [-0.1, -0.05) is 29.4 Å². The van der Waals surface area contributed by atoms with E-state index in [0.717, 1.165) is 32.0 Å². The van der Waals surface area contributed by atoms with Gasteiger partial charge in [0.25, 0.3) is 0 Å². The van der Waals surface area contributed by atoms with E-state index >= 15 is 0 Å². The molecule has 3 rings (SSSR count). The van der Waals surface area contributed by atoms with Crippen molar-refractivity contribution >= 4 is 12.3 Å². The molecule has 0 N–H and O–H groups in total. The second-order valence-electron chi connectivity index (χ2n) is 7.63. The third-order valence-electron chi connectivity index (χ3n) is 5.74. The molecule has 124 valence electrons. The number of carbonyl (C=O) groups is 2. The molecule has 3 heteroatoms. The zero-order valence-electron chi connectivity index (χ0n) is 14.3. The molecule has 1 heterocycles. The lowest BCUT2D eigenvalue weighted by atomic mass is 9.75. The van der Waals surface area contributed by atoms with E-state index in [1.807, 2.05) is 6.08 Å². The number of esters is 1. The lowest BCUT2D eigenvalue weighted by Gasteiger charge is -2.34. The normalized spacial score (nSPS) is 35.4. The van der Waals surface area contributed by atoms with Gasteiger partial charge in [0.2, 0.25) is 0 Å². The van der Waals surface area contributed by atoms with Crippen LogP contribution in [0.1, 0.15) is 46.5 Å². The van der Waals surface area contributed by atoms with Crippen LogP contribution < -0.4 is 0 Å². The number of cyclic esters (lactones) is 1. The summed E-state index contributed by atoms with van der Waals surface area (Å²) >= 11 is 0. The Kier molecular flexibility index (Phi) is 4.31. The van der Waals surface area contributed by atoms with Gasteiger partial charge in [0.15, 0.2) is 0 Å². The van der Waals surface area contributed by atoms with Crippen molar-refractivity contribution < 1.29 is 14.3 Å². The van der Waals surface area contributed by atoms with E-state index in [9.17, 15) is 9.59 Å². The molecule has 1 saturated heterocycles. The Bertz CT molecular complexity index is 606. The highest BCUT2D eigenvalue weighted by atomic mass is 16.5. The van der Waals surface area contributed by atoms with Crippen LogP contribution in [0.5, 0.6) is 0 Å². The molecule has 23 heavy (non-hydrogen) atoms. The van der Waals surface area contributed by atoms with Gasteiger partial charge in [0.1, 0.15) is 6.29 Å². The first-order chi connectivity index (χ1) is 11.0. The van der Waals surface area contributed by atoms with Gasteiger partial charge in [-0.3, -0.25) is 9.59 Å². The third kappa shape index (κ3) is 2.93. The highest BCUT2D eigenvalue weighted by Gasteiger charge is 2.65. The first-order valence-corrected chi connectivity index (χ1v) is 8.60. The SMILES string of the molecule is CC(C)=CCC/C(C)=C/[C@@H]1C[C@@]12COC(=O)[C@H]1C(C=O)=CC[C@H]12. The van der Waals surface area contributed by atoms with Crippen molar-refractivity contribution in [3.8, 4) is 0 Å². The van der Waals surface area contributed by atoms with Gasteiger partial charge in [-0.05, 0) is 58.3 Å². The zero-order valence-corrected chi connectivity index (χ0v) is 14.3. The van der Waals surface area contributed by atoms with Crippen LogP contribution in [-0.4, -0.2) is 18.9 Å². The van der Waals surface area contributed by atoms with Crippen LogP contribution in [-0.2, 0) is 14.3 Å². The van der Waals surface area contributed by atoms with Gasteiger partial charge >= 0.3 is 5.97 Å². The van der Waals surface area contributed by atoms with Crippen LogP contribution in [0.2, 0.25) is 0 Å². The van der Waals surface area contributed by atoms with Gasteiger partial charge in [0, 0.05) is 11.0 Å². The van der Waals surface area contributed by atoms with Crippen LogP contribution in [0.25, 0.3) is 0 Å². The van der Waals surface area contributed by atoms with Crippen LogP contribution in [0.4, 0.5) is 0 Å². The van der Waals surface area contributed by atoms with Crippen LogP contribution in [0.3, 0.4) is 0 Å². The predicted molar refractivity (Wildman–Crippen MR) is 89.7 cm³/mol. The minimum Gasteiger partial charge on any atom is -0.465 e. The van der Waals surface area contributed by atoms with Crippen LogP contribution >= 0.6 is 0 Å². The summed E-state index contributed by atoms with van der Waals surface area (Å²) in [5.41, 5.74) is 3.49. The quantitative estimate of drug-likeness (QED) is 0.437. The van der Waals surface area contributed by atoms with Gasteiger partial charge in [-0.15, -0.1) is 0 Å². The second-order valence-corrected chi connectivity index (χ2v) is 7.63. The van der Waals surface area contributed by atoms with Gasteiger partial charge in [-0.25, -0.2) is 0 Å². The Balaban J connectivity index is 1.67. The average Bonchev–Trinajstić information content (AvgIpc) is 2.97. The molecule has 0 bridgehead atoms. The second kappa shape index (κ2) is 6.10. The molecule has 0 unspecified atom stereocenters. The molecule has 0 aromatic heterocycles. The highest BCUT2D eigenvalue weighted by molar-refractivity contribution is 5.89. The number of carbonyl (C=O) groups excluding carboxylic acids is 2. The molecule has 1 saturated carbocycles. The van der Waals surface area contributed by atoms with Crippen molar-refractivity contribution in [2.24, 2.45) is 23.2 Å². The Hall–Kier alpha value is -1.64. The van der Waals surface area contributed by atoms with E-state index in [1.165, 1.54) is 11.1 Å². The molecular formula is C20H26O3. The third-order valence-corrected chi connectivity index (χ3v) is 5.74. The fourth-order valence-electron chi connectivity index (χ4n) is 4.33. The maximum atomic E-state index is 12.1. The molecule has 2 aliphatic carbocycles. The number of ether oxygens (including phenoxy) is 1. The van der Waals surface area contributed by atoms with E-state index in [4.69, 9.17) is 4.74 Å². The smallest absolute Gasteiger partial charge is 0.313 e. The molecule has 1 spiro atoms. The predicted octanol–water partition coefficient (Wildman–Crippen LogP) is 4.00. The van der Waals surface area contributed by atoms with Crippen LogP contribution in [0, 0.1) is 23.2 Å². The molecule has 0 aromatic carbocycles. The Morgan fingerprint density at radius 1 is 1.39 bits per heavy atom. The summed E-state index contributed by atoms with van der Waals surface area (Å²) < 4.78 is 5.45. The fourth-order valence-corrected chi connectivity index (χ4v) is 4.33. The van der Waals surface area contributed by atoms with Crippen molar-refractivity contribution in [1.29, 1.82) is 0 Å². The minimum absolute atomic E-state index is 0.0810. The topological polar surface area (TPSA) is 43.4 Å². The Labute approximate surface area is 138 Å². The lowest BCUT2D eigenvalue weighted by Crippen LogP contribution is -2.40. The monoisotopic (exact) mass is 314 g/mol. The largest absolute Gasteiger partial charge is 0.465 e. The molecule has 0 radical (unpaired) electrons. The first-order valence-electron chi connectivity index (χ1n) is 8.60. The molecule has 0 aromatic rings. The van der Waals surface area contributed by atoms with Crippen molar-refractivity contribution in [2.75, 3.05) is 6.61 Å². The molecule has 0 amide bonds. The molecule has 2 fully saturated rings. The van der Waals surface area contributed by atoms with Gasteiger partial charge in [-0.2, -0.15) is 0 Å². The number of allylic oxidation sites excluding steroid dienone is 5. The molecule has 3 aliphatic rings. The molecule has 4 atom stereocenters. The minimum atomic E-state index is -0.314. The number of fused-ring (bicyclic) bond motifs is 2. The van der Waals surface area contributed by atoms with E-state index in [1.54, 1.807) is 0 Å². The summed E-state index contributed by atoms with van der Waals surface area (Å²) in [5, 5.41) is 0. The zero-order chi connectivity index (χ0) is 16.6. The summed E-state index contributed by atoms with van der Waals surface area (Å²) in [6.07, 6.45) is 11.5. The van der Waals surface area contributed by atoms with Crippen molar-refractivity contribution in [3.05, 3.63) is 34.9 Å². The summed E-state index contributed by atoms with van der Waals surface area (Å²) in [6.45, 7) is 6.97.